The molecule has 30 heavy (non-hydrogen) atoms. The molecule has 2 heterocycles. The number of fused-ring (bicyclic) bond motifs is 1. The van der Waals surface area contributed by atoms with Crippen LogP contribution >= 0.6 is 0 Å². The number of ether oxygens (including phenoxy) is 1. The predicted molar refractivity (Wildman–Crippen MR) is 108 cm³/mol. The number of carbonyl (C=O) groups is 3. The average molecular weight is 414 g/mol. The molecule has 0 saturated carbocycles. The molecule has 0 aliphatic carbocycles. The number of amides is 3. The van der Waals surface area contributed by atoms with Crippen molar-refractivity contribution >= 4 is 23.4 Å². The largest absolute Gasteiger partial charge is 0.386 e. The van der Waals surface area contributed by atoms with E-state index in [1.54, 1.807) is 36.3 Å². The van der Waals surface area contributed by atoms with Crippen LogP contribution in [-0.2, 0) is 9.53 Å². The Balaban J connectivity index is 1.62. The number of nitrogens with zero attached hydrogens (tertiary/aromatic N) is 2. The Kier molecular flexibility index (Phi) is 6.73. The van der Waals surface area contributed by atoms with Gasteiger partial charge in [0.2, 0.25) is 0 Å². The van der Waals surface area contributed by atoms with Gasteiger partial charge in [-0.25, -0.2) is 4.39 Å². The Morgan fingerprint density at radius 3 is 2.47 bits per heavy atom. The van der Waals surface area contributed by atoms with Crippen LogP contribution in [0.3, 0.4) is 0 Å². The molecule has 0 aromatic heterocycles. The molecule has 0 radical (unpaired) electrons. The van der Waals surface area contributed by atoms with Gasteiger partial charge in [0.25, 0.3) is 17.7 Å². The van der Waals surface area contributed by atoms with Gasteiger partial charge in [0.05, 0.1) is 36.2 Å². The average Bonchev–Trinajstić information content (AvgIpc) is 2.99. The van der Waals surface area contributed by atoms with Crippen molar-refractivity contribution in [3.63, 3.8) is 0 Å². The maximum absolute atomic E-state index is 13.4. The Bertz CT molecular complexity index is 906. The lowest BCUT2D eigenvalue weighted by atomic mass is 10.0. The zero-order valence-corrected chi connectivity index (χ0v) is 16.6. The second kappa shape index (κ2) is 9.45. The Labute approximate surface area is 173 Å². The third-order valence-electron chi connectivity index (χ3n) is 5.01. The Morgan fingerprint density at radius 2 is 1.87 bits per heavy atom. The zero-order valence-electron chi connectivity index (χ0n) is 16.6. The highest BCUT2D eigenvalue weighted by atomic mass is 19.1. The van der Waals surface area contributed by atoms with E-state index < -0.39 is 11.8 Å². The molecule has 2 aliphatic rings. The maximum atomic E-state index is 13.4. The molecule has 158 valence electrons. The number of carbonyl (C=O) groups excluding carboxylic acids is 3. The van der Waals surface area contributed by atoms with Crippen molar-refractivity contribution in [1.82, 2.24) is 15.1 Å². The molecule has 3 amide bonds. The van der Waals surface area contributed by atoms with E-state index in [-0.39, 0.29) is 35.9 Å². The molecule has 2 aliphatic heterocycles. The van der Waals surface area contributed by atoms with Crippen LogP contribution in [0.25, 0.3) is 0 Å². The van der Waals surface area contributed by atoms with Gasteiger partial charge in [-0.1, -0.05) is 12.1 Å². The van der Waals surface area contributed by atoms with E-state index >= 15 is 0 Å². The van der Waals surface area contributed by atoms with Gasteiger partial charge in [-0.3, -0.25) is 19.3 Å². The molecule has 0 unspecified atom stereocenters. The van der Waals surface area contributed by atoms with Crippen molar-refractivity contribution in [3.05, 3.63) is 59.1 Å². The topological polar surface area (TPSA) is 103 Å². The summed E-state index contributed by atoms with van der Waals surface area (Å²) in [7, 11) is 1.55. The van der Waals surface area contributed by atoms with E-state index in [1.807, 2.05) is 0 Å². The van der Waals surface area contributed by atoms with Crippen molar-refractivity contribution in [2.24, 2.45) is 0 Å². The minimum atomic E-state index is -0.466. The second-order valence-corrected chi connectivity index (χ2v) is 6.96. The van der Waals surface area contributed by atoms with Crippen LogP contribution in [0.1, 0.15) is 27.1 Å². The van der Waals surface area contributed by atoms with Crippen LogP contribution in [-0.4, -0.2) is 73.1 Å². The van der Waals surface area contributed by atoms with Crippen molar-refractivity contribution in [1.29, 1.82) is 5.41 Å². The van der Waals surface area contributed by atoms with E-state index in [0.717, 1.165) is 4.90 Å². The van der Waals surface area contributed by atoms with Crippen LogP contribution in [0.5, 0.6) is 0 Å². The van der Waals surface area contributed by atoms with Crippen molar-refractivity contribution in [3.8, 4) is 0 Å². The summed E-state index contributed by atoms with van der Waals surface area (Å²) in [6.07, 6.45) is 2.15. The fourth-order valence-electron chi connectivity index (χ4n) is 3.35. The fraction of sp³-hybridized carbons (Fsp3) is 0.333. The first-order chi connectivity index (χ1) is 14.5. The van der Waals surface area contributed by atoms with Crippen LogP contribution < -0.4 is 5.32 Å². The van der Waals surface area contributed by atoms with Crippen LogP contribution in [0.4, 0.5) is 4.39 Å². The quantitative estimate of drug-likeness (QED) is 0.496. The highest BCUT2D eigenvalue weighted by Crippen LogP contribution is 2.23. The molecule has 0 bridgehead atoms. The first kappa shape index (κ1) is 21.4. The molecular weight excluding hydrogens is 391 g/mol. The number of imide groups is 1. The molecule has 0 spiro atoms. The summed E-state index contributed by atoms with van der Waals surface area (Å²) in [5, 5.41) is 10.8. The van der Waals surface area contributed by atoms with E-state index in [0.29, 0.717) is 43.6 Å². The summed E-state index contributed by atoms with van der Waals surface area (Å²) in [6.45, 7) is 1.05. The summed E-state index contributed by atoms with van der Waals surface area (Å²) < 4.78 is 18.4. The Hall–Kier alpha value is -3.33. The van der Waals surface area contributed by atoms with E-state index in [4.69, 9.17) is 10.1 Å². The lowest BCUT2D eigenvalue weighted by Gasteiger charge is -2.28. The van der Waals surface area contributed by atoms with Gasteiger partial charge < -0.3 is 20.4 Å². The van der Waals surface area contributed by atoms with Gasteiger partial charge in [-0.05, 0) is 17.7 Å². The van der Waals surface area contributed by atoms with Crippen LogP contribution in [0.15, 0.2) is 47.9 Å². The van der Waals surface area contributed by atoms with Crippen LogP contribution in [0.2, 0.25) is 0 Å². The SMILES string of the molecule is COCCN1CCC(=N)/C(=C\NC/C(=C/F)CN2C(=O)c3ccccc3C2=O)C1=O. The van der Waals surface area contributed by atoms with Gasteiger partial charge in [0.1, 0.15) is 0 Å². The van der Waals surface area contributed by atoms with Gasteiger partial charge >= 0.3 is 0 Å². The maximum Gasteiger partial charge on any atom is 0.261 e. The van der Waals surface area contributed by atoms with Gasteiger partial charge in [0.15, 0.2) is 0 Å². The third-order valence-corrected chi connectivity index (χ3v) is 5.01. The van der Waals surface area contributed by atoms with Crippen molar-refractivity contribution in [2.75, 3.05) is 39.9 Å². The first-order valence-electron chi connectivity index (χ1n) is 9.50. The summed E-state index contributed by atoms with van der Waals surface area (Å²) in [6, 6.07) is 6.46. The highest BCUT2D eigenvalue weighted by Gasteiger charge is 2.35. The monoisotopic (exact) mass is 414 g/mol. The first-order valence-corrected chi connectivity index (χ1v) is 9.50. The summed E-state index contributed by atoms with van der Waals surface area (Å²) in [4.78, 5) is 39.9. The van der Waals surface area contributed by atoms with Crippen molar-refractivity contribution < 1.29 is 23.5 Å². The van der Waals surface area contributed by atoms with E-state index in [9.17, 15) is 18.8 Å². The van der Waals surface area contributed by atoms with E-state index in [1.165, 1.54) is 6.20 Å². The molecule has 1 aromatic rings. The summed E-state index contributed by atoms with van der Waals surface area (Å²) in [5.74, 6) is -1.22. The lowest BCUT2D eigenvalue weighted by Crippen LogP contribution is -2.43. The molecule has 2 N–H and O–H groups in total. The Morgan fingerprint density at radius 1 is 1.20 bits per heavy atom. The number of rotatable bonds is 8. The smallest absolute Gasteiger partial charge is 0.261 e. The molecule has 1 saturated heterocycles. The fourth-order valence-corrected chi connectivity index (χ4v) is 3.35. The molecular formula is C21H23FN4O4. The highest BCUT2D eigenvalue weighted by molar-refractivity contribution is 6.22. The number of hydrogen-bond acceptors (Lipinski definition) is 6. The molecule has 3 rings (SSSR count). The number of likely N-dealkylation sites (tertiary alicyclic amines) is 1. The van der Waals surface area contributed by atoms with Gasteiger partial charge in [-0.15, -0.1) is 0 Å². The lowest BCUT2D eigenvalue weighted by molar-refractivity contribution is -0.127. The second-order valence-electron chi connectivity index (χ2n) is 6.96. The standard InChI is InChI=1S/C21H23FN4O4/c1-30-9-8-25-7-6-18(23)17(19(25)27)12-24-11-14(10-22)13-26-20(28)15-4-2-3-5-16(15)21(26)29/h2-5,10,12,23-24H,6-9,11,13H2,1H3/b14-10-,17-12+,23-18?. The molecule has 9 heteroatoms. The number of methoxy groups -OCH3 is 1. The molecule has 1 aromatic carbocycles. The van der Waals surface area contributed by atoms with Crippen LogP contribution in [0, 0.1) is 5.41 Å². The number of halogens is 1. The molecule has 0 atom stereocenters. The molecule has 8 nitrogen and oxygen atoms in total. The zero-order chi connectivity index (χ0) is 21.7. The summed E-state index contributed by atoms with van der Waals surface area (Å²) >= 11 is 0. The van der Waals surface area contributed by atoms with Gasteiger partial charge in [-0.2, -0.15) is 0 Å². The molecule has 1 fully saturated rings. The number of benzene rings is 1. The number of hydrogen-bond donors (Lipinski definition) is 2. The minimum Gasteiger partial charge on any atom is -0.386 e. The summed E-state index contributed by atoms with van der Waals surface area (Å²) in [5.41, 5.74) is 1.16. The number of nitrogens with one attached hydrogen (secondary N) is 2. The van der Waals surface area contributed by atoms with Crippen molar-refractivity contribution in [2.45, 2.75) is 6.42 Å². The normalized spacial score (nSPS) is 18.5. The third kappa shape index (κ3) is 4.30. The number of piperidine rings is 1. The van der Waals surface area contributed by atoms with Gasteiger partial charge in [0, 0.05) is 45.1 Å². The predicted octanol–water partition coefficient (Wildman–Crippen LogP) is 1.51. The van der Waals surface area contributed by atoms with E-state index in [2.05, 4.69) is 5.32 Å². The minimum absolute atomic E-state index is 0.0218.